The van der Waals surface area contributed by atoms with Gasteiger partial charge in [0, 0.05) is 16.8 Å². The zero-order valence-electron chi connectivity index (χ0n) is 24.5. The van der Waals surface area contributed by atoms with Crippen molar-refractivity contribution in [1.29, 1.82) is 0 Å². The lowest BCUT2D eigenvalue weighted by molar-refractivity contribution is 0.00578. The summed E-state index contributed by atoms with van der Waals surface area (Å²) in [4.78, 5) is 2.34. The van der Waals surface area contributed by atoms with Crippen LogP contribution in [-0.4, -0.2) is 18.3 Å². The van der Waals surface area contributed by atoms with Crippen molar-refractivity contribution in [2.24, 2.45) is 0 Å². The van der Waals surface area contributed by atoms with Gasteiger partial charge in [-0.1, -0.05) is 103 Å². The van der Waals surface area contributed by atoms with Crippen LogP contribution >= 0.6 is 0 Å². The van der Waals surface area contributed by atoms with Crippen LogP contribution < -0.4 is 10.4 Å². The van der Waals surface area contributed by atoms with Crippen molar-refractivity contribution in [2.45, 2.75) is 38.9 Å². The number of fused-ring (bicyclic) bond motifs is 2. The second-order valence-corrected chi connectivity index (χ2v) is 12.1. The summed E-state index contributed by atoms with van der Waals surface area (Å²) in [6, 6.07) is 47.6. The normalized spacial score (nSPS) is 15.8. The second kappa shape index (κ2) is 10.2. The highest BCUT2D eigenvalue weighted by Gasteiger charge is 2.51. The van der Waals surface area contributed by atoms with Crippen LogP contribution in [0.25, 0.3) is 32.7 Å². The van der Waals surface area contributed by atoms with Crippen LogP contribution in [0.15, 0.2) is 133 Å². The van der Waals surface area contributed by atoms with E-state index < -0.39 is 7.12 Å². The maximum atomic E-state index is 6.33. The Bertz CT molecular complexity index is 1870. The van der Waals surface area contributed by atoms with E-state index in [-0.39, 0.29) is 11.2 Å². The van der Waals surface area contributed by atoms with Crippen molar-refractivity contribution in [3.8, 4) is 11.1 Å². The molecule has 7 rings (SSSR count). The largest absolute Gasteiger partial charge is 0.494 e. The van der Waals surface area contributed by atoms with Gasteiger partial charge in [-0.05, 0) is 90.8 Å². The van der Waals surface area contributed by atoms with Crippen molar-refractivity contribution in [3.05, 3.63) is 133 Å². The molecular formula is C38H34BNO2. The van der Waals surface area contributed by atoms with E-state index in [0.717, 1.165) is 22.5 Å². The lowest BCUT2D eigenvalue weighted by Gasteiger charge is -2.32. The highest BCUT2D eigenvalue weighted by atomic mass is 16.7. The molecule has 0 spiro atoms. The molecule has 0 N–H and O–H groups in total. The summed E-state index contributed by atoms with van der Waals surface area (Å²) in [7, 11) is -0.393. The van der Waals surface area contributed by atoms with Gasteiger partial charge in [0.25, 0.3) is 0 Å². The average molecular weight is 548 g/mol. The van der Waals surface area contributed by atoms with Gasteiger partial charge in [-0.15, -0.1) is 0 Å². The summed E-state index contributed by atoms with van der Waals surface area (Å²) in [6.07, 6.45) is 0. The molecule has 6 aromatic carbocycles. The van der Waals surface area contributed by atoms with Gasteiger partial charge in [-0.2, -0.15) is 0 Å². The number of nitrogens with zero attached hydrogens (tertiary/aromatic N) is 1. The highest BCUT2D eigenvalue weighted by Crippen LogP contribution is 2.40. The molecule has 0 bridgehead atoms. The van der Waals surface area contributed by atoms with Gasteiger partial charge >= 0.3 is 7.12 Å². The molecule has 206 valence electrons. The zero-order valence-corrected chi connectivity index (χ0v) is 24.5. The van der Waals surface area contributed by atoms with E-state index in [4.69, 9.17) is 9.31 Å². The topological polar surface area (TPSA) is 21.7 Å². The first kappa shape index (κ1) is 26.5. The number of rotatable bonds is 5. The standard InChI is InChI=1S/C38H34BNO2/c1-37(2)38(3,4)42-39(41-37)30-21-25-32(26-22-30)40(36-18-10-14-28-12-6-8-16-35(28)36)31-23-19-29(20-24-31)34-17-9-13-27-11-5-7-15-33(27)34/h5-26H,1-4H3. The second-order valence-electron chi connectivity index (χ2n) is 12.1. The SMILES string of the molecule is CC1(C)OB(c2ccc(N(c3ccc(-c4cccc5ccccc45)cc3)c3cccc4ccccc34)cc2)OC1(C)C. The Morgan fingerprint density at radius 2 is 1.00 bits per heavy atom. The summed E-state index contributed by atoms with van der Waals surface area (Å²) < 4.78 is 12.7. The fourth-order valence-corrected chi connectivity index (χ4v) is 5.86. The smallest absolute Gasteiger partial charge is 0.399 e. The maximum absolute atomic E-state index is 6.33. The molecule has 0 saturated carbocycles. The van der Waals surface area contributed by atoms with E-state index in [9.17, 15) is 0 Å². The minimum Gasteiger partial charge on any atom is -0.399 e. The summed E-state index contributed by atoms with van der Waals surface area (Å²) in [5.41, 5.74) is 6.00. The van der Waals surface area contributed by atoms with Crippen molar-refractivity contribution in [1.82, 2.24) is 0 Å². The van der Waals surface area contributed by atoms with Crippen LogP contribution in [0.5, 0.6) is 0 Å². The van der Waals surface area contributed by atoms with Gasteiger partial charge in [0.05, 0.1) is 16.9 Å². The fourth-order valence-electron chi connectivity index (χ4n) is 5.86. The molecule has 1 aliphatic rings. The fraction of sp³-hybridized carbons (Fsp3) is 0.158. The molecule has 0 aromatic heterocycles. The van der Waals surface area contributed by atoms with Crippen LogP contribution in [0.2, 0.25) is 0 Å². The van der Waals surface area contributed by atoms with Gasteiger partial charge in [-0.25, -0.2) is 0 Å². The van der Waals surface area contributed by atoms with Crippen LogP contribution in [0, 0.1) is 0 Å². The van der Waals surface area contributed by atoms with E-state index in [1.165, 1.54) is 32.7 Å². The molecule has 6 aromatic rings. The van der Waals surface area contributed by atoms with Crippen molar-refractivity contribution >= 4 is 51.2 Å². The van der Waals surface area contributed by atoms with Crippen molar-refractivity contribution in [3.63, 3.8) is 0 Å². The molecule has 1 saturated heterocycles. The Labute approximate surface area is 248 Å². The molecule has 0 radical (unpaired) electrons. The lowest BCUT2D eigenvalue weighted by Crippen LogP contribution is -2.41. The Morgan fingerprint density at radius 3 is 1.64 bits per heavy atom. The summed E-state index contributed by atoms with van der Waals surface area (Å²) >= 11 is 0. The predicted molar refractivity (Wildman–Crippen MR) is 177 cm³/mol. The van der Waals surface area contributed by atoms with Gasteiger partial charge < -0.3 is 14.2 Å². The van der Waals surface area contributed by atoms with Crippen LogP contribution in [0.4, 0.5) is 17.1 Å². The molecule has 1 fully saturated rings. The van der Waals surface area contributed by atoms with Crippen LogP contribution in [0.3, 0.4) is 0 Å². The minimum atomic E-state index is -0.393. The Balaban J connectivity index is 1.30. The Morgan fingerprint density at radius 1 is 0.500 bits per heavy atom. The number of hydrogen-bond acceptors (Lipinski definition) is 3. The summed E-state index contributed by atoms with van der Waals surface area (Å²) in [5, 5.41) is 4.92. The predicted octanol–water partition coefficient (Wildman–Crippen LogP) is 9.43. The Kier molecular flexibility index (Phi) is 6.42. The first-order chi connectivity index (χ1) is 20.3. The molecule has 0 unspecified atom stereocenters. The number of benzene rings is 6. The molecule has 3 nitrogen and oxygen atoms in total. The molecule has 1 aliphatic heterocycles. The van der Waals surface area contributed by atoms with Crippen molar-refractivity contribution in [2.75, 3.05) is 4.90 Å². The average Bonchev–Trinajstić information content (AvgIpc) is 3.24. The molecular weight excluding hydrogens is 513 g/mol. The molecule has 0 aliphatic carbocycles. The quantitative estimate of drug-likeness (QED) is 0.201. The molecule has 4 heteroatoms. The van der Waals surface area contributed by atoms with Crippen LogP contribution in [-0.2, 0) is 9.31 Å². The van der Waals surface area contributed by atoms with Gasteiger partial charge in [-0.3, -0.25) is 0 Å². The number of anilines is 3. The van der Waals surface area contributed by atoms with E-state index in [1.54, 1.807) is 0 Å². The van der Waals surface area contributed by atoms with Crippen LogP contribution in [0.1, 0.15) is 27.7 Å². The van der Waals surface area contributed by atoms with Gasteiger partial charge in [0.2, 0.25) is 0 Å². The van der Waals surface area contributed by atoms with E-state index in [2.05, 4.69) is 166 Å². The maximum Gasteiger partial charge on any atom is 0.494 e. The van der Waals surface area contributed by atoms with Gasteiger partial charge in [0.15, 0.2) is 0 Å². The molecule has 0 atom stereocenters. The Hall–Kier alpha value is -4.38. The zero-order chi connectivity index (χ0) is 28.9. The summed E-state index contributed by atoms with van der Waals surface area (Å²) in [5.74, 6) is 0. The molecule has 0 amide bonds. The van der Waals surface area contributed by atoms with Crippen molar-refractivity contribution < 1.29 is 9.31 Å². The van der Waals surface area contributed by atoms with E-state index in [1.807, 2.05) is 0 Å². The van der Waals surface area contributed by atoms with Gasteiger partial charge in [0.1, 0.15) is 0 Å². The first-order valence-corrected chi connectivity index (χ1v) is 14.6. The molecule has 1 heterocycles. The third-order valence-electron chi connectivity index (χ3n) is 8.91. The third kappa shape index (κ3) is 4.57. The lowest BCUT2D eigenvalue weighted by atomic mass is 9.79. The highest BCUT2D eigenvalue weighted by molar-refractivity contribution is 6.62. The third-order valence-corrected chi connectivity index (χ3v) is 8.91. The summed E-state index contributed by atoms with van der Waals surface area (Å²) in [6.45, 7) is 8.36. The van der Waals surface area contributed by atoms with E-state index >= 15 is 0 Å². The molecule has 42 heavy (non-hydrogen) atoms. The van der Waals surface area contributed by atoms with E-state index in [0.29, 0.717) is 0 Å². The first-order valence-electron chi connectivity index (χ1n) is 14.6. The monoisotopic (exact) mass is 547 g/mol. The number of hydrogen-bond donors (Lipinski definition) is 0. The minimum absolute atomic E-state index is 0.378.